The van der Waals surface area contributed by atoms with Gasteiger partial charge in [-0.3, -0.25) is 9.48 Å². The Morgan fingerprint density at radius 1 is 1.30 bits per heavy atom. The van der Waals surface area contributed by atoms with Crippen LogP contribution in [-0.2, 0) is 17.9 Å². The molecule has 3 aromatic rings. The van der Waals surface area contributed by atoms with Crippen molar-refractivity contribution in [3.8, 4) is 5.75 Å². The number of halogens is 1. The number of methoxy groups -OCH3 is 1. The maximum Gasteiger partial charge on any atom is 0.242 e. The van der Waals surface area contributed by atoms with E-state index in [4.69, 9.17) is 16.3 Å². The molecule has 0 atom stereocenters. The number of hydrogen-bond donors (Lipinski definition) is 1. The van der Waals surface area contributed by atoms with Gasteiger partial charge in [0.25, 0.3) is 0 Å². The van der Waals surface area contributed by atoms with E-state index in [9.17, 15) is 4.79 Å². The average Bonchev–Trinajstić information content (AvgIpc) is 2.95. The summed E-state index contributed by atoms with van der Waals surface area (Å²) in [6.07, 6.45) is 1.72. The van der Waals surface area contributed by atoms with Gasteiger partial charge in [0.15, 0.2) is 0 Å². The molecule has 23 heavy (non-hydrogen) atoms. The van der Waals surface area contributed by atoms with E-state index in [1.165, 1.54) is 0 Å². The Balaban J connectivity index is 1.65. The first-order valence-electron chi connectivity index (χ1n) is 7.16. The van der Waals surface area contributed by atoms with Crippen LogP contribution >= 0.6 is 11.6 Å². The van der Waals surface area contributed by atoms with Crippen molar-refractivity contribution in [2.75, 3.05) is 7.11 Å². The molecule has 1 amide bonds. The molecule has 0 radical (unpaired) electrons. The van der Waals surface area contributed by atoms with Crippen molar-refractivity contribution in [3.63, 3.8) is 0 Å². The zero-order valence-corrected chi connectivity index (χ0v) is 13.4. The minimum Gasteiger partial charge on any atom is -0.497 e. The fourth-order valence-corrected chi connectivity index (χ4v) is 2.51. The molecule has 0 saturated carbocycles. The Bertz CT molecular complexity index is 845. The van der Waals surface area contributed by atoms with Crippen LogP contribution in [0.15, 0.2) is 48.7 Å². The highest BCUT2D eigenvalue weighted by Crippen LogP contribution is 2.18. The molecular weight excluding hydrogens is 314 g/mol. The molecule has 5 nitrogen and oxygen atoms in total. The highest BCUT2D eigenvalue weighted by atomic mass is 35.5. The van der Waals surface area contributed by atoms with Crippen LogP contribution in [0.3, 0.4) is 0 Å². The number of fused-ring (bicyclic) bond motifs is 1. The third kappa shape index (κ3) is 3.63. The molecule has 0 unspecified atom stereocenters. The standard InChI is InChI=1S/C17H16ClN3O2/c1-23-15-4-2-3-12(7-15)9-19-17(22)11-21-16-8-14(18)6-5-13(16)10-20-21/h2-8,10H,9,11H2,1H3,(H,19,22). The largest absolute Gasteiger partial charge is 0.497 e. The third-order valence-electron chi connectivity index (χ3n) is 3.52. The summed E-state index contributed by atoms with van der Waals surface area (Å²) in [5, 5.41) is 8.69. The highest BCUT2D eigenvalue weighted by Gasteiger charge is 2.08. The number of amides is 1. The van der Waals surface area contributed by atoms with Gasteiger partial charge < -0.3 is 10.1 Å². The number of carbonyl (C=O) groups excluding carboxylic acids is 1. The lowest BCUT2D eigenvalue weighted by Crippen LogP contribution is -2.27. The smallest absolute Gasteiger partial charge is 0.242 e. The number of ether oxygens (including phenoxy) is 1. The van der Waals surface area contributed by atoms with Gasteiger partial charge >= 0.3 is 0 Å². The van der Waals surface area contributed by atoms with Crippen LogP contribution in [-0.4, -0.2) is 22.8 Å². The van der Waals surface area contributed by atoms with Crippen molar-refractivity contribution in [1.82, 2.24) is 15.1 Å². The summed E-state index contributed by atoms with van der Waals surface area (Å²) >= 11 is 6.00. The normalized spacial score (nSPS) is 10.7. The van der Waals surface area contributed by atoms with E-state index in [1.807, 2.05) is 30.3 Å². The molecule has 0 aliphatic heterocycles. The molecule has 6 heteroatoms. The van der Waals surface area contributed by atoms with E-state index in [2.05, 4.69) is 10.4 Å². The molecule has 0 saturated heterocycles. The van der Waals surface area contributed by atoms with Gasteiger partial charge in [0.05, 0.1) is 18.8 Å². The lowest BCUT2D eigenvalue weighted by atomic mass is 10.2. The summed E-state index contributed by atoms with van der Waals surface area (Å²) in [7, 11) is 1.62. The predicted octanol–water partition coefficient (Wildman–Crippen LogP) is 3.01. The fraction of sp³-hybridized carbons (Fsp3) is 0.176. The molecule has 0 aliphatic rings. The lowest BCUT2D eigenvalue weighted by molar-refractivity contribution is -0.121. The van der Waals surface area contributed by atoms with Crippen LogP contribution in [0.4, 0.5) is 0 Å². The second-order valence-corrected chi connectivity index (χ2v) is 5.57. The van der Waals surface area contributed by atoms with Crippen molar-refractivity contribution < 1.29 is 9.53 Å². The Labute approximate surface area is 138 Å². The van der Waals surface area contributed by atoms with Gasteiger partial charge in [0, 0.05) is 17.0 Å². The summed E-state index contributed by atoms with van der Waals surface area (Å²) in [6.45, 7) is 0.587. The van der Waals surface area contributed by atoms with Crippen LogP contribution in [0.25, 0.3) is 10.9 Å². The van der Waals surface area contributed by atoms with E-state index in [0.29, 0.717) is 11.6 Å². The zero-order valence-electron chi connectivity index (χ0n) is 12.6. The van der Waals surface area contributed by atoms with Crippen molar-refractivity contribution in [2.24, 2.45) is 0 Å². The number of nitrogens with one attached hydrogen (secondary N) is 1. The molecule has 0 fully saturated rings. The van der Waals surface area contributed by atoms with Crippen molar-refractivity contribution in [2.45, 2.75) is 13.1 Å². The SMILES string of the molecule is COc1cccc(CNC(=O)Cn2ncc3ccc(Cl)cc32)c1. The van der Waals surface area contributed by atoms with Crippen LogP contribution in [0.1, 0.15) is 5.56 Å². The molecule has 0 spiro atoms. The van der Waals surface area contributed by atoms with Crippen molar-refractivity contribution in [3.05, 3.63) is 59.2 Å². The molecule has 0 bridgehead atoms. The topological polar surface area (TPSA) is 56.1 Å². The molecule has 1 aromatic heterocycles. The van der Waals surface area contributed by atoms with Crippen LogP contribution in [0, 0.1) is 0 Å². The second kappa shape index (κ2) is 6.71. The Morgan fingerprint density at radius 2 is 2.17 bits per heavy atom. The molecule has 3 rings (SSSR count). The summed E-state index contributed by atoms with van der Waals surface area (Å²) in [5.41, 5.74) is 1.82. The molecule has 0 aliphatic carbocycles. The average molecular weight is 330 g/mol. The number of carbonyl (C=O) groups is 1. The van der Waals surface area contributed by atoms with E-state index in [-0.39, 0.29) is 12.5 Å². The van der Waals surface area contributed by atoms with Crippen LogP contribution in [0.2, 0.25) is 5.02 Å². The van der Waals surface area contributed by atoms with E-state index >= 15 is 0 Å². The summed E-state index contributed by atoms with van der Waals surface area (Å²) in [6, 6.07) is 13.1. The molecular formula is C17H16ClN3O2. The van der Waals surface area contributed by atoms with Gasteiger partial charge in [0.2, 0.25) is 5.91 Å². The van der Waals surface area contributed by atoms with Crippen molar-refractivity contribution in [1.29, 1.82) is 0 Å². The second-order valence-electron chi connectivity index (χ2n) is 5.13. The summed E-state index contributed by atoms with van der Waals surface area (Å²) in [5.74, 6) is 0.655. The number of aromatic nitrogens is 2. The zero-order chi connectivity index (χ0) is 16.2. The Morgan fingerprint density at radius 3 is 3.00 bits per heavy atom. The third-order valence-corrected chi connectivity index (χ3v) is 3.76. The van der Waals surface area contributed by atoms with Gasteiger partial charge in [-0.05, 0) is 35.9 Å². The first-order chi connectivity index (χ1) is 11.2. The maximum atomic E-state index is 12.1. The quantitative estimate of drug-likeness (QED) is 0.783. The van der Waals surface area contributed by atoms with Gasteiger partial charge in [0.1, 0.15) is 12.3 Å². The minimum absolute atomic E-state index is 0.113. The van der Waals surface area contributed by atoms with Gasteiger partial charge in [-0.2, -0.15) is 5.10 Å². The Hall–Kier alpha value is -2.53. The van der Waals surface area contributed by atoms with Gasteiger partial charge in [-0.25, -0.2) is 0 Å². The molecule has 1 heterocycles. The monoisotopic (exact) mass is 329 g/mol. The summed E-state index contributed by atoms with van der Waals surface area (Å²) in [4.78, 5) is 12.1. The van der Waals surface area contributed by atoms with E-state index in [0.717, 1.165) is 22.2 Å². The highest BCUT2D eigenvalue weighted by molar-refractivity contribution is 6.31. The lowest BCUT2D eigenvalue weighted by Gasteiger charge is -2.08. The first kappa shape index (κ1) is 15.4. The van der Waals surface area contributed by atoms with Crippen LogP contribution in [0.5, 0.6) is 5.75 Å². The van der Waals surface area contributed by atoms with E-state index in [1.54, 1.807) is 30.1 Å². The number of nitrogens with zero attached hydrogens (tertiary/aromatic N) is 2. The minimum atomic E-state index is -0.113. The van der Waals surface area contributed by atoms with Crippen LogP contribution < -0.4 is 10.1 Å². The Kier molecular flexibility index (Phi) is 4.48. The number of hydrogen-bond acceptors (Lipinski definition) is 3. The summed E-state index contributed by atoms with van der Waals surface area (Å²) < 4.78 is 6.81. The number of benzene rings is 2. The van der Waals surface area contributed by atoms with E-state index < -0.39 is 0 Å². The van der Waals surface area contributed by atoms with Gasteiger partial charge in [-0.1, -0.05) is 23.7 Å². The fourth-order valence-electron chi connectivity index (χ4n) is 2.34. The van der Waals surface area contributed by atoms with Crippen molar-refractivity contribution >= 4 is 28.4 Å². The molecule has 2 aromatic carbocycles. The predicted molar refractivity (Wildman–Crippen MR) is 89.6 cm³/mol. The number of rotatable bonds is 5. The maximum absolute atomic E-state index is 12.1. The molecule has 1 N–H and O–H groups in total. The molecule has 118 valence electrons. The van der Waals surface area contributed by atoms with Gasteiger partial charge in [-0.15, -0.1) is 0 Å². The first-order valence-corrected chi connectivity index (χ1v) is 7.54.